The summed E-state index contributed by atoms with van der Waals surface area (Å²) in [5, 5.41) is 2.62. The molecule has 1 saturated heterocycles. The zero-order valence-corrected chi connectivity index (χ0v) is 11.9. The number of rotatable bonds is 3. The zero-order valence-electron chi connectivity index (χ0n) is 11.9. The third kappa shape index (κ3) is 3.62. The maximum absolute atomic E-state index is 12.4. The molecule has 0 radical (unpaired) electrons. The second-order valence-corrected chi connectivity index (χ2v) is 6.03. The average Bonchev–Trinajstić information content (AvgIpc) is 2.64. The highest BCUT2D eigenvalue weighted by molar-refractivity contribution is 5.86. The first kappa shape index (κ1) is 14.8. The number of amides is 2. The number of nitrogens with zero attached hydrogens (tertiary/aromatic N) is 1. The summed E-state index contributed by atoms with van der Waals surface area (Å²) in [6, 6.07) is -0.508. The molecule has 104 valence electrons. The van der Waals surface area contributed by atoms with Gasteiger partial charge in [-0.05, 0) is 17.8 Å². The Bertz CT molecular complexity index is 326. The van der Waals surface area contributed by atoms with E-state index in [9.17, 15) is 9.59 Å². The Labute approximate surface area is 109 Å². The Balaban J connectivity index is 2.69. The Morgan fingerprint density at radius 3 is 2.33 bits per heavy atom. The summed E-state index contributed by atoms with van der Waals surface area (Å²) in [4.78, 5) is 25.5. The largest absolute Gasteiger partial charge is 0.453 e. The van der Waals surface area contributed by atoms with Crippen molar-refractivity contribution in [2.75, 3.05) is 20.2 Å². The minimum atomic E-state index is -0.555. The number of nitrogens with one attached hydrogen (secondary N) is 1. The van der Waals surface area contributed by atoms with E-state index in [0.717, 1.165) is 19.5 Å². The third-order valence-corrected chi connectivity index (χ3v) is 3.38. The molecular weight excluding hydrogens is 232 g/mol. The van der Waals surface area contributed by atoms with Crippen LogP contribution in [0.2, 0.25) is 0 Å². The van der Waals surface area contributed by atoms with E-state index in [2.05, 4.69) is 23.9 Å². The molecule has 0 saturated carbocycles. The Morgan fingerprint density at radius 1 is 1.33 bits per heavy atom. The number of alkyl carbamates (subject to hydrolysis) is 1. The molecule has 2 amide bonds. The van der Waals surface area contributed by atoms with Gasteiger partial charge in [0.25, 0.3) is 0 Å². The lowest BCUT2D eigenvalue weighted by Crippen LogP contribution is -2.50. The molecule has 0 bridgehead atoms. The van der Waals surface area contributed by atoms with Crippen molar-refractivity contribution in [2.45, 2.75) is 40.2 Å². The van der Waals surface area contributed by atoms with Crippen LogP contribution in [0, 0.1) is 11.3 Å². The van der Waals surface area contributed by atoms with E-state index in [4.69, 9.17) is 0 Å². The summed E-state index contributed by atoms with van der Waals surface area (Å²) in [5.41, 5.74) is 0.169. The Hall–Kier alpha value is -1.26. The molecule has 0 aromatic carbocycles. The van der Waals surface area contributed by atoms with Gasteiger partial charge < -0.3 is 15.0 Å². The minimum absolute atomic E-state index is 0.0130. The topological polar surface area (TPSA) is 58.6 Å². The fourth-order valence-electron chi connectivity index (χ4n) is 2.20. The molecular formula is C13H24N2O3. The van der Waals surface area contributed by atoms with Gasteiger partial charge in [0.15, 0.2) is 0 Å². The fraction of sp³-hybridized carbons (Fsp3) is 0.846. The monoisotopic (exact) mass is 256 g/mol. The first-order chi connectivity index (χ1) is 8.26. The van der Waals surface area contributed by atoms with Crippen LogP contribution in [0.25, 0.3) is 0 Å². The summed E-state index contributed by atoms with van der Waals surface area (Å²) in [5.74, 6) is 0.0290. The summed E-state index contributed by atoms with van der Waals surface area (Å²) >= 11 is 0. The average molecular weight is 256 g/mol. The lowest BCUT2D eigenvalue weighted by atomic mass is 9.93. The first-order valence-electron chi connectivity index (χ1n) is 6.40. The molecule has 1 aliphatic heterocycles. The summed E-state index contributed by atoms with van der Waals surface area (Å²) < 4.78 is 4.56. The van der Waals surface area contributed by atoms with E-state index in [0.29, 0.717) is 0 Å². The molecule has 1 aliphatic rings. The normalized spacial score (nSPS) is 19.8. The molecule has 1 N–H and O–H groups in total. The smallest absolute Gasteiger partial charge is 0.407 e. The maximum atomic E-state index is 12.4. The van der Waals surface area contributed by atoms with Crippen LogP contribution in [-0.2, 0) is 9.53 Å². The molecule has 5 heteroatoms. The van der Waals surface area contributed by atoms with Gasteiger partial charge in [-0.25, -0.2) is 4.79 Å². The lowest BCUT2D eigenvalue weighted by Gasteiger charge is -2.27. The van der Waals surface area contributed by atoms with Gasteiger partial charge in [0.2, 0.25) is 5.91 Å². The van der Waals surface area contributed by atoms with Crippen LogP contribution in [0.3, 0.4) is 0 Å². The highest BCUT2D eigenvalue weighted by Crippen LogP contribution is 2.29. The van der Waals surface area contributed by atoms with Gasteiger partial charge >= 0.3 is 6.09 Å². The van der Waals surface area contributed by atoms with E-state index in [1.54, 1.807) is 0 Å². The van der Waals surface area contributed by atoms with Gasteiger partial charge in [-0.2, -0.15) is 0 Å². The fourth-order valence-corrected chi connectivity index (χ4v) is 2.20. The number of methoxy groups -OCH3 is 1. The zero-order chi connectivity index (χ0) is 13.9. The summed E-state index contributed by atoms with van der Waals surface area (Å²) in [7, 11) is 1.30. The Kier molecular flexibility index (Phi) is 4.59. The lowest BCUT2D eigenvalue weighted by molar-refractivity contribution is -0.133. The number of hydrogen-bond donors (Lipinski definition) is 1. The number of hydrogen-bond acceptors (Lipinski definition) is 3. The SMILES string of the molecule is COC(=O)N[C@H](C(=O)N1CCC(C)(C)C1)C(C)C. The standard InChI is InChI=1S/C13H24N2O3/c1-9(2)10(14-12(17)18-5)11(16)15-7-6-13(3,4)8-15/h9-10H,6-8H2,1-5H3,(H,14,17)/t10-/m0/s1. The van der Waals surface area contributed by atoms with E-state index >= 15 is 0 Å². The molecule has 0 aromatic rings. The van der Waals surface area contributed by atoms with Crippen LogP contribution in [0.4, 0.5) is 4.79 Å². The van der Waals surface area contributed by atoms with Gasteiger partial charge in [0, 0.05) is 13.1 Å². The van der Waals surface area contributed by atoms with Crippen LogP contribution in [0.15, 0.2) is 0 Å². The van der Waals surface area contributed by atoms with Crippen molar-refractivity contribution < 1.29 is 14.3 Å². The van der Waals surface area contributed by atoms with Crippen molar-refractivity contribution in [3.8, 4) is 0 Å². The van der Waals surface area contributed by atoms with Crippen molar-refractivity contribution in [1.82, 2.24) is 10.2 Å². The van der Waals surface area contributed by atoms with Gasteiger partial charge in [-0.3, -0.25) is 4.79 Å². The summed E-state index contributed by atoms with van der Waals surface area (Å²) in [6.07, 6.45) is 0.447. The summed E-state index contributed by atoms with van der Waals surface area (Å²) in [6.45, 7) is 9.64. The predicted octanol–water partition coefficient (Wildman–Crippen LogP) is 1.63. The number of likely N-dealkylation sites (tertiary alicyclic amines) is 1. The van der Waals surface area contributed by atoms with Crippen LogP contribution < -0.4 is 5.32 Å². The third-order valence-electron chi connectivity index (χ3n) is 3.38. The van der Waals surface area contributed by atoms with E-state index < -0.39 is 12.1 Å². The van der Waals surface area contributed by atoms with Crippen molar-refractivity contribution in [3.63, 3.8) is 0 Å². The van der Waals surface area contributed by atoms with Crippen LogP contribution in [0.5, 0.6) is 0 Å². The second-order valence-electron chi connectivity index (χ2n) is 6.03. The van der Waals surface area contributed by atoms with Gasteiger partial charge in [0.1, 0.15) is 6.04 Å². The molecule has 0 aliphatic carbocycles. The van der Waals surface area contributed by atoms with Crippen LogP contribution >= 0.6 is 0 Å². The van der Waals surface area contributed by atoms with Gasteiger partial charge in [-0.15, -0.1) is 0 Å². The molecule has 1 rings (SSSR count). The molecule has 18 heavy (non-hydrogen) atoms. The second kappa shape index (κ2) is 5.59. The van der Waals surface area contributed by atoms with Crippen molar-refractivity contribution >= 4 is 12.0 Å². The molecule has 1 heterocycles. The molecule has 0 unspecified atom stereocenters. The van der Waals surface area contributed by atoms with E-state index in [-0.39, 0.29) is 17.2 Å². The maximum Gasteiger partial charge on any atom is 0.407 e. The molecule has 0 aromatic heterocycles. The van der Waals surface area contributed by atoms with Crippen molar-refractivity contribution in [1.29, 1.82) is 0 Å². The van der Waals surface area contributed by atoms with Crippen LogP contribution in [0.1, 0.15) is 34.1 Å². The minimum Gasteiger partial charge on any atom is -0.453 e. The van der Waals surface area contributed by atoms with Gasteiger partial charge in [0.05, 0.1) is 7.11 Å². The number of carbonyl (C=O) groups excluding carboxylic acids is 2. The highest BCUT2D eigenvalue weighted by atomic mass is 16.5. The highest BCUT2D eigenvalue weighted by Gasteiger charge is 2.36. The quantitative estimate of drug-likeness (QED) is 0.835. The number of ether oxygens (including phenoxy) is 1. The predicted molar refractivity (Wildman–Crippen MR) is 69.1 cm³/mol. The first-order valence-corrected chi connectivity index (χ1v) is 6.40. The molecule has 5 nitrogen and oxygen atoms in total. The molecule has 0 spiro atoms. The van der Waals surface area contributed by atoms with Gasteiger partial charge in [-0.1, -0.05) is 27.7 Å². The van der Waals surface area contributed by atoms with Crippen LogP contribution in [-0.4, -0.2) is 43.1 Å². The molecule has 1 atom stereocenters. The van der Waals surface area contributed by atoms with Crippen molar-refractivity contribution in [3.05, 3.63) is 0 Å². The van der Waals surface area contributed by atoms with E-state index in [1.165, 1.54) is 7.11 Å². The number of carbonyl (C=O) groups is 2. The van der Waals surface area contributed by atoms with Crippen molar-refractivity contribution in [2.24, 2.45) is 11.3 Å². The van der Waals surface area contributed by atoms with E-state index in [1.807, 2.05) is 18.7 Å². The Morgan fingerprint density at radius 2 is 1.94 bits per heavy atom. The molecule has 1 fully saturated rings.